The molecular formula is C32H31ClN4OS. The standard InChI is InChI=1S/C32H31ClN4OS/c1-2-37(29(31(33)34)24-36-28-19-12-21-35-23-28)30(38)20-22-39-32(25-13-6-3-7-14-25,26-15-8-4-9-16-26)27-17-10-5-11-18-27/h3-19,21,23-24,34,36H,2,20,22H2,1H3/b29-24+,34-31?. The van der Waals surface area contributed by atoms with E-state index in [0.29, 0.717) is 18.0 Å². The lowest BCUT2D eigenvalue weighted by Crippen LogP contribution is -2.33. The van der Waals surface area contributed by atoms with Crippen LogP contribution >= 0.6 is 23.4 Å². The molecule has 4 rings (SSSR count). The molecule has 4 aromatic rings. The van der Waals surface area contributed by atoms with E-state index in [1.165, 1.54) is 0 Å². The average Bonchev–Trinajstić information content (AvgIpc) is 2.99. The van der Waals surface area contributed by atoms with Crippen LogP contribution in [0.5, 0.6) is 0 Å². The normalized spacial score (nSPS) is 11.6. The zero-order valence-electron chi connectivity index (χ0n) is 21.8. The highest BCUT2D eigenvalue weighted by Gasteiger charge is 2.37. The number of hydrogen-bond acceptors (Lipinski definition) is 5. The first kappa shape index (κ1) is 28.1. The Kier molecular flexibility index (Phi) is 9.95. The lowest BCUT2D eigenvalue weighted by atomic mass is 9.84. The van der Waals surface area contributed by atoms with Crippen LogP contribution in [0.25, 0.3) is 0 Å². The Balaban J connectivity index is 1.61. The molecule has 0 aliphatic rings. The third-order valence-corrected chi connectivity index (χ3v) is 8.09. The summed E-state index contributed by atoms with van der Waals surface area (Å²) in [5.41, 5.74) is 4.51. The molecule has 0 spiro atoms. The number of carbonyl (C=O) groups is 1. The van der Waals surface area contributed by atoms with Gasteiger partial charge in [0.2, 0.25) is 5.91 Å². The summed E-state index contributed by atoms with van der Waals surface area (Å²) in [5.74, 6) is 0.463. The Morgan fingerprint density at radius 2 is 1.46 bits per heavy atom. The molecule has 7 heteroatoms. The van der Waals surface area contributed by atoms with Gasteiger partial charge in [-0.3, -0.25) is 15.2 Å². The summed E-state index contributed by atoms with van der Waals surface area (Å²) < 4.78 is -0.499. The molecule has 198 valence electrons. The monoisotopic (exact) mass is 554 g/mol. The molecule has 1 aromatic heterocycles. The SMILES string of the molecule is CCN(C(=O)CCSC(c1ccccc1)(c1ccccc1)c1ccccc1)/C(=C/Nc1cccnc1)C(=N)Cl. The maximum Gasteiger partial charge on any atom is 0.227 e. The molecule has 0 aliphatic carbocycles. The van der Waals surface area contributed by atoms with E-state index in [0.717, 1.165) is 22.4 Å². The van der Waals surface area contributed by atoms with E-state index in [4.69, 9.17) is 17.0 Å². The second kappa shape index (κ2) is 13.8. The molecule has 5 nitrogen and oxygen atoms in total. The number of anilines is 1. The van der Waals surface area contributed by atoms with Crippen LogP contribution in [0.15, 0.2) is 127 Å². The van der Waals surface area contributed by atoms with Crippen molar-refractivity contribution in [2.75, 3.05) is 17.6 Å². The molecule has 1 amide bonds. The third-order valence-electron chi connectivity index (χ3n) is 6.35. The Bertz CT molecular complexity index is 1290. The van der Waals surface area contributed by atoms with Crippen LogP contribution in [0.2, 0.25) is 0 Å². The molecule has 0 saturated carbocycles. The number of halogens is 1. The van der Waals surface area contributed by atoms with Crippen molar-refractivity contribution >= 4 is 40.1 Å². The molecule has 0 atom stereocenters. The van der Waals surface area contributed by atoms with Gasteiger partial charge in [0.1, 0.15) is 5.17 Å². The topological polar surface area (TPSA) is 69.1 Å². The number of nitrogens with zero attached hydrogens (tertiary/aromatic N) is 2. The molecule has 0 radical (unpaired) electrons. The van der Waals surface area contributed by atoms with Crippen LogP contribution in [-0.4, -0.2) is 33.3 Å². The fourth-order valence-corrected chi connectivity index (χ4v) is 6.18. The van der Waals surface area contributed by atoms with Gasteiger partial charge in [0.15, 0.2) is 0 Å². The van der Waals surface area contributed by atoms with Crippen LogP contribution in [0.4, 0.5) is 5.69 Å². The van der Waals surface area contributed by atoms with Crippen LogP contribution < -0.4 is 5.32 Å². The number of benzene rings is 3. The zero-order chi connectivity index (χ0) is 27.5. The largest absolute Gasteiger partial charge is 0.358 e. The van der Waals surface area contributed by atoms with Crippen molar-refractivity contribution in [1.29, 1.82) is 5.41 Å². The number of rotatable bonds is 12. The predicted octanol–water partition coefficient (Wildman–Crippen LogP) is 7.51. The minimum absolute atomic E-state index is 0.0993. The molecule has 39 heavy (non-hydrogen) atoms. The number of carbonyl (C=O) groups excluding carboxylic acids is 1. The quantitative estimate of drug-likeness (QED) is 0.140. The van der Waals surface area contributed by atoms with Crippen LogP contribution in [0, 0.1) is 5.41 Å². The molecule has 0 saturated heterocycles. The van der Waals surface area contributed by atoms with Crippen molar-refractivity contribution in [3.8, 4) is 0 Å². The Morgan fingerprint density at radius 1 is 0.923 bits per heavy atom. The second-order valence-corrected chi connectivity index (χ2v) is 10.4. The van der Waals surface area contributed by atoms with Crippen molar-refractivity contribution in [3.05, 3.63) is 144 Å². The fraction of sp³-hybridized carbons (Fsp3) is 0.156. The number of allylic oxidation sites excluding steroid dienone is 1. The molecular weight excluding hydrogens is 524 g/mol. The van der Waals surface area contributed by atoms with E-state index in [1.807, 2.05) is 31.2 Å². The van der Waals surface area contributed by atoms with Gasteiger partial charge in [0, 0.05) is 31.1 Å². The Hall–Kier alpha value is -3.87. The third kappa shape index (κ3) is 6.77. The van der Waals surface area contributed by atoms with E-state index >= 15 is 0 Å². The summed E-state index contributed by atoms with van der Waals surface area (Å²) in [4.78, 5) is 19.1. The summed E-state index contributed by atoms with van der Waals surface area (Å²) in [6.45, 7) is 2.27. The number of aromatic nitrogens is 1. The summed E-state index contributed by atoms with van der Waals surface area (Å²) in [6, 6.07) is 34.9. The van der Waals surface area contributed by atoms with Gasteiger partial charge in [-0.15, -0.1) is 11.8 Å². The van der Waals surface area contributed by atoms with E-state index in [-0.39, 0.29) is 17.5 Å². The van der Waals surface area contributed by atoms with Crippen molar-refractivity contribution in [2.45, 2.75) is 18.1 Å². The van der Waals surface area contributed by atoms with E-state index in [2.05, 4.69) is 83.1 Å². The van der Waals surface area contributed by atoms with Gasteiger partial charge in [-0.2, -0.15) is 0 Å². The zero-order valence-corrected chi connectivity index (χ0v) is 23.3. The van der Waals surface area contributed by atoms with E-state index in [1.54, 1.807) is 41.3 Å². The van der Waals surface area contributed by atoms with Crippen molar-refractivity contribution in [3.63, 3.8) is 0 Å². The minimum Gasteiger partial charge on any atom is -0.358 e. The van der Waals surface area contributed by atoms with Gasteiger partial charge >= 0.3 is 0 Å². The predicted molar refractivity (Wildman–Crippen MR) is 163 cm³/mol. The lowest BCUT2D eigenvalue weighted by Gasteiger charge is -2.35. The smallest absolute Gasteiger partial charge is 0.227 e. The summed E-state index contributed by atoms with van der Waals surface area (Å²) >= 11 is 7.87. The van der Waals surface area contributed by atoms with Crippen molar-refractivity contribution < 1.29 is 4.79 Å². The first-order valence-corrected chi connectivity index (χ1v) is 14.1. The molecule has 0 bridgehead atoms. The molecule has 0 fully saturated rings. The first-order chi connectivity index (χ1) is 19.1. The highest BCUT2D eigenvalue weighted by Crippen LogP contribution is 2.48. The number of hydrogen-bond donors (Lipinski definition) is 2. The fourth-order valence-electron chi connectivity index (χ4n) is 4.54. The first-order valence-electron chi connectivity index (χ1n) is 12.8. The molecule has 3 aromatic carbocycles. The summed E-state index contributed by atoms with van der Waals surface area (Å²) in [6.07, 6.45) is 5.21. The minimum atomic E-state index is -0.499. The highest BCUT2D eigenvalue weighted by molar-refractivity contribution is 8.00. The van der Waals surface area contributed by atoms with Crippen LogP contribution in [-0.2, 0) is 9.54 Å². The second-order valence-electron chi connectivity index (χ2n) is 8.75. The maximum absolute atomic E-state index is 13.5. The molecule has 2 N–H and O–H groups in total. The molecule has 0 unspecified atom stereocenters. The number of nitrogens with one attached hydrogen (secondary N) is 2. The van der Waals surface area contributed by atoms with Gasteiger partial charge in [-0.25, -0.2) is 0 Å². The van der Waals surface area contributed by atoms with Gasteiger partial charge in [0.05, 0.1) is 22.3 Å². The van der Waals surface area contributed by atoms with Gasteiger partial charge < -0.3 is 10.2 Å². The van der Waals surface area contributed by atoms with Crippen LogP contribution in [0.1, 0.15) is 30.0 Å². The summed E-state index contributed by atoms with van der Waals surface area (Å²) in [7, 11) is 0. The number of thioether (sulfide) groups is 1. The van der Waals surface area contributed by atoms with E-state index < -0.39 is 4.75 Å². The maximum atomic E-state index is 13.5. The van der Waals surface area contributed by atoms with Gasteiger partial charge in [-0.1, -0.05) is 103 Å². The Morgan fingerprint density at radius 3 is 1.90 bits per heavy atom. The highest BCUT2D eigenvalue weighted by atomic mass is 35.5. The van der Waals surface area contributed by atoms with E-state index in [9.17, 15) is 4.79 Å². The lowest BCUT2D eigenvalue weighted by molar-refractivity contribution is -0.128. The number of amides is 1. The number of pyridine rings is 1. The Labute approximate surface area is 239 Å². The molecule has 0 aliphatic heterocycles. The van der Waals surface area contributed by atoms with Crippen LogP contribution in [0.3, 0.4) is 0 Å². The van der Waals surface area contributed by atoms with Crippen molar-refractivity contribution in [1.82, 2.24) is 9.88 Å². The van der Waals surface area contributed by atoms with Gasteiger partial charge in [-0.05, 0) is 35.7 Å². The summed E-state index contributed by atoms with van der Waals surface area (Å²) in [5, 5.41) is 11.0. The van der Waals surface area contributed by atoms with Crippen molar-refractivity contribution in [2.24, 2.45) is 0 Å². The van der Waals surface area contributed by atoms with Gasteiger partial charge in [0.25, 0.3) is 0 Å². The average molecular weight is 555 g/mol. The molecule has 1 heterocycles.